The van der Waals surface area contributed by atoms with Crippen molar-refractivity contribution < 1.29 is 22.8 Å². The molecule has 0 saturated heterocycles. The van der Waals surface area contributed by atoms with Crippen molar-refractivity contribution >= 4 is 6.29 Å². The van der Waals surface area contributed by atoms with E-state index in [0.717, 1.165) is 7.11 Å². The minimum absolute atomic E-state index is 0.228. The average molecular weight is 194 g/mol. The van der Waals surface area contributed by atoms with Gasteiger partial charge < -0.3 is 4.84 Å². The number of carbonyl (C=O) groups is 1. The number of rotatable bonds is 2. The summed E-state index contributed by atoms with van der Waals surface area (Å²) in [4.78, 5) is 15.1. The molecule has 0 aliphatic heterocycles. The van der Waals surface area contributed by atoms with Gasteiger partial charge in [0.15, 0.2) is 12.0 Å². The Hall–Kier alpha value is -1.53. The molecule has 1 heterocycles. The summed E-state index contributed by atoms with van der Waals surface area (Å²) in [5.74, 6) is 0. The van der Waals surface area contributed by atoms with Crippen molar-refractivity contribution in [1.82, 2.24) is 9.94 Å². The highest BCUT2D eigenvalue weighted by molar-refractivity contribution is 5.72. The molecular formula is C6H5F3N2O2. The van der Waals surface area contributed by atoms with Crippen molar-refractivity contribution in [3.63, 3.8) is 0 Å². The molecule has 1 aromatic heterocycles. The number of halogens is 3. The molecule has 1 rings (SSSR count). The normalized spacial score (nSPS) is 11.4. The van der Waals surface area contributed by atoms with Gasteiger partial charge in [-0.15, -0.1) is 5.10 Å². The second-order valence-electron chi connectivity index (χ2n) is 2.13. The SMILES string of the molecule is COn1nc(C(F)(F)F)cc1C=O. The Morgan fingerprint density at radius 3 is 2.54 bits per heavy atom. The molecule has 0 atom stereocenters. The zero-order valence-corrected chi connectivity index (χ0v) is 6.50. The zero-order valence-electron chi connectivity index (χ0n) is 6.50. The van der Waals surface area contributed by atoms with Crippen LogP contribution in [0.25, 0.3) is 0 Å². The van der Waals surface area contributed by atoms with E-state index in [4.69, 9.17) is 0 Å². The van der Waals surface area contributed by atoms with Crippen LogP contribution in [0.2, 0.25) is 0 Å². The van der Waals surface area contributed by atoms with E-state index in [1.165, 1.54) is 0 Å². The smallest absolute Gasteiger partial charge is 0.399 e. The van der Waals surface area contributed by atoms with E-state index in [2.05, 4.69) is 9.94 Å². The Bertz CT molecular complexity index is 318. The third-order valence-electron chi connectivity index (χ3n) is 1.29. The van der Waals surface area contributed by atoms with Gasteiger partial charge in [-0.05, 0) is 0 Å². The number of carbonyl (C=O) groups excluding carboxylic acids is 1. The van der Waals surface area contributed by atoms with Crippen molar-refractivity contribution in [2.45, 2.75) is 6.18 Å². The Labute approximate surface area is 70.9 Å². The highest BCUT2D eigenvalue weighted by Gasteiger charge is 2.35. The van der Waals surface area contributed by atoms with E-state index in [1.807, 2.05) is 0 Å². The molecule has 0 saturated carbocycles. The number of aromatic nitrogens is 2. The summed E-state index contributed by atoms with van der Waals surface area (Å²) in [6, 6.07) is 0.608. The van der Waals surface area contributed by atoms with Gasteiger partial charge in [0.25, 0.3) is 0 Å². The van der Waals surface area contributed by atoms with Crippen LogP contribution in [0.3, 0.4) is 0 Å². The van der Waals surface area contributed by atoms with E-state index < -0.39 is 11.9 Å². The van der Waals surface area contributed by atoms with Crippen LogP contribution in [-0.2, 0) is 6.18 Å². The number of hydrogen-bond acceptors (Lipinski definition) is 3. The molecule has 4 nitrogen and oxygen atoms in total. The van der Waals surface area contributed by atoms with Crippen molar-refractivity contribution in [3.8, 4) is 0 Å². The maximum absolute atomic E-state index is 12.0. The summed E-state index contributed by atoms with van der Waals surface area (Å²) in [5.41, 5.74) is -1.44. The third kappa shape index (κ3) is 1.79. The molecule has 0 radical (unpaired) electrons. The van der Waals surface area contributed by atoms with E-state index in [0.29, 0.717) is 10.9 Å². The summed E-state index contributed by atoms with van der Waals surface area (Å²) >= 11 is 0. The van der Waals surface area contributed by atoms with Gasteiger partial charge in [-0.25, -0.2) is 0 Å². The molecule has 7 heteroatoms. The fourth-order valence-corrected chi connectivity index (χ4v) is 0.744. The average Bonchev–Trinajstić information content (AvgIpc) is 2.45. The summed E-state index contributed by atoms with van der Waals surface area (Å²) < 4.78 is 36.0. The summed E-state index contributed by atoms with van der Waals surface area (Å²) in [6.07, 6.45) is -4.34. The van der Waals surface area contributed by atoms with Gasteiger partial charge in [-0.1, -0.05) is 4.85 Å². The van der Waals surface area contributed by atoms with Crippen LogP contribution in [0.4, 0.5) is 13.2 Å². The predicted molar refractivity (Wildman–Crippen MR) is 35.1 cm³/mol. The van der Waals surface area contributed by atoms with Crippen LogP contribution in [0.1, 0.15) is 16.2 Å². The predicted octanol–water partition coefficient (Wildman–Crippen LogP) is 0.773. The van der Waals surface area contributed by atoms with Crippen molar-refractivity contribution in [2.75, 3.05) is 7.11 Å². The first-order valence-electron chi connectivity index (χ1n) is 3.16. The lowest BCUT2D eigenvalue weighted by Crippen LogP contribution is -2.13. The molecule has 72 valence electrons. The standard InChI is InChI=1S/C6H5F3N2O2/c1-13-11-4(3-12)2-5(10-11)6(7,8)9/h2-3H,1H3. The first kappa shape index (κ1) is 9.56. The maximum atomic E-state index is 12.0. The molecular weight excluding hydrogens is 189 g/mol. The minimum Gasteiger partial charge on any atom is -0.399 e. The van der Waals surface area contributed by atoms with Crippen molar-refractivity contribution in [2.24, 2.45) is 0 Å². The van der Waals surface area contributed by atoms with E-state index in [9.17, 15) is 18.0 Å². The van der Waals surface area contributed by atoms with Gasteiger partial charge >= 0.3 is 6.18 Å². The zero-order chi connectivity index (χ0) is 10.1. The number of alkyl halides is 3. The van der Waals surface area contributed by atoms with Gasteiger partial charge in [-0.3, -0.25) is 4.79 Å². The van der Waals surface area contributed by atoms with Gasteiger partial charge in [0, 0.05) is 6.07 Å². The van der Waals surface area contributed by atoms with Crippen LogP contribution in [0.15, 0.2) is 6.07 Å². The summed E-state index contributed by atoms with van der Waals surface area (Å²) in [7, 11) is 1.11. The Morgan fingerprint density at radius 1 is 1.62 bits per heavy atom. The van der Waals surface area contributed by atoms with Gasteiger partial charge in [0.2, 0.25) is 0 Å². The monoisotopic (exact) mass is 194 g/mol. The van der Waals surface area contributed by atoms with Crippen LogP contribution < -0.4 is 4.84 Å². The summed E-state index contributed by atoms with van der Waals surface area (Å²) in [6.45, 7) is 0. The Kier molecular flexibility index (Phi) is 2.26. The molecule has 0 aliphatic carbocycles. The lowest BCUT2D eigenvalue weighted by atomic mass is 10.4. The third-order valence-corrected chi connectivity index (χ3v) is 1.29. The molecule has 0 spiro atoms. The molecule has 0 N–H and O–H groups in total. The Morgan fingerprint density at radius 2 is 2.23 bits per heavy atom. The molecule has 0 bridgehead atoms. The number of aldehydes is 1. The quantitative estimate of drug-likeness (QED) is 0.653. The van der Waals surface area contributed by atoms with Crippen molar-refractivity contribution in [3.05, 3.63) is 17.5 Å². The second kappa shape index (κ2) is 3.08. The minimum atomic E-state index is -4.57. The second-order valence-corrected chi connectivity index (χ2v) is 2.13. The van der Waals surface area contributed by atoms with Crippen LogP contribution in [0.5, 0.6) is 0 Å². The first-order chi connectivity index (χ1) is 5.99. The van der Waals surface area contributed by atoms with E-state index in [-0.39, 0.29) is 12.0 Å². The van der Waals surface area contributed by atoms with E-state index in [1.54, 1.807) is 0 Å². The fourth-order valence-electron chi connectivity index (χ4n) is 0.744. The van der Waals surface area contributed by atoms with Crippen LogP contribution >= 0.6 is 0 Å². The largest absolute Gasteiger partial charge is 0.435 e. The van der Waals surface area contributed by atoms with Gasteiger partial charge in [0.05, 0.1) is 0 Å². The number of hydrogen-bond donors (Lipinski definition) is 0. The topological polar surface area (TPSA) is 44.1 Å². The highest BCUT2D eigenvalue weighted by atomic mass is 19.4. The fraction of sp³-hybridized carbons (Fsp3) is 0.333. The summed E-state index contributed by atoms with van der Waals surface area (Å²) in [5, 5.41) is 3.01. The molecule has 0 aliphatic rings. The molecule has 13 heavy (non-hydrogen) atoms. The lowest BCUT2D eigenvalue weighted by Gasteiger charge is -2.00. The van der Waals surface area contributed by atoms with Gasteiger partial charge in [0.1, 0.15) is 12.8 Å². The highest BCUT2D eigenvalue weighted by Crippen LogP contribution is 2.27. The van der Waals surface area contributed by atoms with Crippen molar-refractivity contribution in [1.29, 1.82) is 0 Å². The van der Waals surface area contributed by atoms with Gasteiger partial charge in [-0.2, -0.15) is 13.2 Å². The molecule has 1 aromatic rings. The number of nitrogens with zero attached hydrogens (tertiary/aromatic N) is 2. The molecule has 0 unspecified atom stereocenters. The molecule has 0 amide bonds. The lowest BCUT2D eigenvalue weighted by molar-refractivity contribution is -0.142. The van der Waals surface area contributed by atoms with E-state index >= 15 is 0 Å². The molecule has 0 fully saturated rings. The maximum Gasteiger partial charge on any atom is 0.435 e. The molecule has 0 aromatic carbocycles. The van der Waals surface area contributed by atoms with Crippen LogP contribution in [-0.4, -0.2) is 23.3 Å². The van der Waals surface area contributed by atoms with Crippen LogP contribution in [0, 0.1) is 0 Å². The first-order valence-corrected chi connectivity index (χ1v) is 3.16. The Balaban J connectivity index is 3.14.